The molecule has 1 unspecified atom stereocenters. The monoisotopic (exact) mass is 261 g/mol. The van der Waals surface area contributed by atoms with E-state index < -0.39 is 30.5 Å². The smallest absolute Gasteiger partial charge is 0.328 e. The Morgan fingerprint density at radius 2 is 1.78 bits per heavy atom. The molecule has 2 N–H and O–H groups in total. The average molecular weight is 261 g/mol. The first-order chi connectivity index (χ1) is 8.54. The van der Waals surface area contributed by atoms with Gasteiger partial charge in [-0.3, -0.25) is 9.59 Å². The highest BCUT2D eigenvalue weighted by Gasteiger charge is 2.22. The van der Waals surface area contributed by atoms with Gasteiger partial charge < -0.3 is 19.9 Å². The maximum atomic E-state index is 11.5. The molecule has 0 radical (unpaired) electrons. The van der Waals surface area contributed by atoms with E-state index in [1.165, 1.54) is 0 Å². The number of nitrogens with one attached hydrogen (secondary N) is 1. The number of carbonyl (C=O) groups excluding carboxylic acids is 3. The third kappa shape index (κ3) is 6.85. The van der Waals surface area contributed by atoms with Crippen LogP contribution in [0.2, 0.25) is 0 Å². The quantitative estimate of drug-likeness (QED) is 0.564. The summed E-state index contributed by atoms with van der Waals surface area (Å²) in [6.07, 6.45) is 0.0619. The zero-order chi connectivity index (χ0) is 14.0. The van der Waals surface area contributed by atoms with E-state index in [2.05, 4.69) is 5.32 Å². The summed E-state index contributed by atoms with van der Waals surface area (Å²) in [6, 6.07) is -0.950. The zero-order valence-corrected chi connectivity index (χ0v) is 10.6. The van der Waals surface area contributed by atoms with E-state index in [0.29, 0.717) is 0 Å². The van der Waals surface area contributed by atoms with Crippen LogP contribution in [-0.2, 0) is 23.9 Å². The Kier molecular flexibility index (Phi) is 8.55. The van der Waals surface area contributed by atoms with Crippen LogP contribution in [0.5, 0.6) is 0 Å². The third-order valence-electron chi connectivity index (χ3n) is 1.99. The molecule has 104 valence electrons. The number of ether oxygens (including phenoxy) is 2. The van der Waals surface area contributed by atoms with Gasteiger partial charge in [0.2, 0.25) is 5.91 Å². The first-order valence-corrected chi connectivity index (χ1v) is 5.77. The molecule has 0 aliphatic rings. The van der Waals surface area contributed by atoms with Crippen LogP contribution in [0.15, 0.2) is 0 Å². The van der Waals surface area contributed by atoms with Gasteiger partial charge in [-0.25, -0.2) is 4.79 Å². The Labute approximate surface area is 105 Å². The van der Waals surface area contributed by atoms with Crippen molar-refractivity contribution in [1.29, 1.82) is 0 Å². The molecular weight excluding hydrogens is 242 g/mol. The second kappa shape index (κ2) is 9.41. The molecule has 1 amide bonds. The predicted octanol–water partition coefficient (Wildman–Crippen LogP) is -0.630. The zero-order valence-electron chi connectivity index (χ0n) is 10.6. The van der Waals surface area contributed by atoms with Crippen LogP contribution < -0.4 is 5.32 Å². The number of hydrogen-bond donors (Lipinski definition) is 2. The maximum absolute atomic E-state index is 11.5. The first-order valence-electron chi connectivity index (χ1n) is 5.77. The fourth-order valence-electron chi connectivity index (χ4n) is 1.23. The normalized spacial score (nSPS) is 11.5. The van der Waals surface area contributed by atoms with Crippen molar-refractivity contribution in [3.8, 4) is 0 Å². The van der Waals surface area contributed by atoms with Crippen LogP contribution in [0, 0.1) is 0 Å². The van der Waals surface area contributed by atoms with Gasteiger partial charge in [0.05, 0.1) is 13.2 Å². The number of amides is 1. The van der Waals surface area contributed by atoms with E-state index in [4.69, 9.17) is 14.6 Å². The molecule has 0 aromatic carbocycles. The third-order valence-corrected chi connectivity index (χ3v) is 1.99. The summed E-state index contributed by atoms with van der Waals surface area (Å²) in [6.45, 7) is 3.01. The second-order valence-electron chi connectivity index (χ2n) is 3.37. The molecule has 1 atom stereocenters. The van der Waals surface area contributed by atoms with Crippen molar-refractivity contribution in [1.82, 2.24) is 5.32 Å². The Balaban J connectivity index is 4.33. The van der Waals surface area contributed by atoms with Gasteiger partial charge in [0.15, 0.2) is 0 Å². The van der Waals surface area contributed by atoms with Crippen LogP contribution >= 0.6 is 0 Å². The van der Waals surface area contributed by atoms with Gasteiger partial charge in [-0.15, -0.1) is 0 Å². The summed E-state index contributed by atoms with van der Waals surface area (Å²) in [5.74, 6) is -1.79. The molecule has 7 nitrogen and oxygen atoms in total. The lowest BCUT2D eigenvalue weighted by molar-refractivity contribution is -0.149. The molecule has 0 aliphatic heterocycles. The minimum absolute atomic E-state index is 0.0109. The predicted molar refractivity (Wildman–Crippen MR) is 61.5 cm³/mol. The van der Waals surface area contributed by atoms with Gasteiger partial charge >= 0.3 is 11.9 Å². The maximum Gasteiger partial charge on any atom is 0.328 e. The molecule has 0 aliphatic carbocycles. The van der Waals surface area contributed by atoms with Gasteiger partial charge in [0.1, 0.15) is 12.6 Å². The van der Waals surface area contributed by atoms with Gasteiger partial charge in [-0.05, 0) is 20.3 Å². The van der Waals surface area contributed by atoms with E-state index in [-0.39, 0.29) is 26.1 Å². The van der Waals surface area contributed by atoms with Gasteiger partial charge in [-0.2, -0.15) is 0 Å². The Hall–Kier alpha value is -1.63. The van der Waals surface area contributed by atoms with Crippen molar-refractivity contribution in [2.75, 3.05) is 19.8 Å². The number of carbonyl (C=O) groups is 3. The number of aliphatic hydroxyl groups is 1. The SMILES string of the molecule is CCOC(=O)CCC(NC(=O)CO)C(=O)OCC. The van der Waals surface area contributed by atoms with Crippen molar-refractivity contribution in [3.05, 3.63) is 0 Å². The largest absolute Gasteiger partial charge is 0.466 e. The van der Waals surface area contributed by atoms with E-state index in [1.807, 2.05) is 0 Å². The summed E-state index contributed by atoms with van der Waals surface area (Å²) in [7, 11) is 0. The lowest BCUT2D eigenvalue weighted by Gasteiger charge is -2.16. The molecule has 7 heteroatoms. The van der Waals surface area contributed by atoms with E-state index in [0.717, 1.165) is 0 Å². The molecule has 0 aromatic rings. The molecule has 18 heavy (non-hydrogen) atoms. The van der Waals surface area contributed by atoms with Crippen LogP contribution in [0.1, 0.15) is 26.7 Å². The summed E-state index contributed by atoms with van der Waals surface area (Å²) in [4.78, 5) is 33.7. The van der Waals surface area contributed by atoms with Crippen molar-refractivity contribution < 1.29 is 29.0 Å². The average Bonchev–Trinajstić information content (AvgIpc) is 2.34. The molecule has 0 saturated carbocycles. The van der Waals surface area contributed by atoms with Crippen LogP contribution in [0.4, 0.5) is 0 Å². The van der Waals surface area contributed by atoms with Crippen molar-refractivity contribution in [3.63, 3.8) is 0 Å². The van der Waals surface area contributed by atoms with Crippen LogP contribution in [0.25, 0.3) is 0 Å². The molecule has 0 rings (SSSR count). The number of rotatable bonds is 8. The minimum Gasteiger partial charge on any atom is -0.466 e. The molecule has 0 aromatic heterocycles. The molecule has 0 heterocycles. The first kappa shape index (κ1) is 16.4. The Morgan fingerprint density at radius 3 is 2.28 bits per heavy atom. The molecule has 0 saturated heterocycles. The van der Waals surface area contributed by atoms with E-state index >= 15 is 0 Å². The molecular formula is C11H19NO6. The minimum atomic E-state index is -0.950. The van der Waals surface area contributed by atoms with E-state index in [9.17, 15) is 14.4 Å². The van der Waals surface area contributed by atoms with E-state index in [1.54, 1.807) is 13.8 Å². The molecule has 0 bridgehead atoms. The number of aliphatic hydroxyl groups excluding tert-OH is 1. The standard InChI is InChI=1S/C11H19NO6/c1-3-17-10(15)6-5-8(11(16)18-4-2)12-9(14)7-13/h8,13H,3-7H2,1-2H3,(H,12,14). The van der Waals surface area contributed by atoms with Gasteiger partial charge in [0, 0.05) is 6.42 Å². The van der Waals surface area contributed by atoms with Gasteiger partial charge in [-0.1, -0.05) is 0 Å². The highest BCUT2D eigenvalue weighted by Crippen LogP contribution is 2.02. The number of hydrogen-bond acceptors (Lipinski definition) is 6. The molecule has 0 fully saturated rings. The van der Waals surface area contributed by atoms with Gasteiger partial charge in [0.25, 0.3) is 0 Å². The summed E-state index contributed by atoms with van der Waals surface area (Å²) < 4.78 is 9.46. The lowest BCUT2D eigenvalue weighted by atomic mass is 10.1. The summed E-state index contributed by atoms with van der Waals surface area (Å²) in [5.41, 5.74) is 0. The summed E-state index contributed by atoms with van der Waals surface area (Å²) >= 11 is 0. The highest BCUT2D eigenvalue weighted by molar-refractivity contribution is 5.85. The lowest BCUT2D eigenvalue weighted by Crippen LogP contribution is -2.43. The fraction of sp³-hybridized carbons (Fsp3) is 0.727. The van der Waals surface area contributed by atoms with Crippen LogP contribution in [0.3, 0.4) is 0 Å². The number of esters is 2. The van der Waals surface area contributed by atoms with Crippen molar-refractivity contribution in [2.24, 2.45) is 0 Å². The van der Waals surface area contributed by atoms with Crippen molar-refractivity contribution in [2.45, 2.75) is 32.7 Å². The fourth-order valence-corrected chi connectivity index (χ4v) is 1.23. The molecule has 0 spiro atoms. The Morgan fingerprint density at radius 1 is 1.17 bits per heavy atom. The van der Waals surface area contributed by atoms with Crippen LogP contribution in [-0.4, -0.2) is 48.8 Å². The summed E-state index contributed by atoms with van der Waals surface area (Å²) in [5, 5.41) is 10.9. The highest BCUT2D eigenvalue weighted by atomic mass is 16.5. The Bertz CT molecular complexity index is 291. The second-order valence-corrected chi connectivity index (χ2v) is 3.37. The topological polar surface area (TPSA) is 102 Å². The van der Waals surface area contributed by atoms with Crippen molar-refractivity contribution >= 4 is 17.8 Å².